The van der Waals surface area contributed by atoms with Gasteiger partial charge < -0.3 is 8.85 Å². The van der Waals surface area contributed by atoms with Crippen molar-refractivity contribution in [3.8, 4) is 0 Å². The quantitative estimate of drug-likeness (QED) is 0.167. The zero-order valence-electron chi connectivity index (χ0n) is 16.1. The summed E-state index contributed by atoms with van der Waals surface area (Å²) in [6, 6.07) is -1.31. The van der Waals surface area contributed by atoms with Crippen LogP contribution in [0.25, 0.3) is 0 Å². The monoisotopic (exact) mass is 504 g/mol. The van der Waals surface area contributed by atoms with Gasteiger partial charge in [-0.05, 0) is 13.8 Å². The zero-order chi connectivity index (χ0) is 25.5. The molecule has 31 heavy (non-hydrogen) atoms. The summed E-state index contributed by atoms with van der Waals surface area (Å²) in [5, 5.41) is 0. The molecule has 184 valence electrons. The van der Waals surface area contributed by atoms with E-state index in [9.17, 15) is 57.1 Å². The molecule has 0 rings (SSSR count). The second-order valence-corrected chi connectivity index (χ2v) is 9.92. The molecular formula is C15H17F13O2Si. The van der Waals surface area contributed by atoms with Gasteiger partial charge >= 0.3 is 44.3 Å². The minimum absolute atomic E-state index is 0.202. The SMILES string of the molecule is C=C(C)O[Si](C)(CCC(F)(F)C(F)(F)C(F)(F)C(F)(F)C(F)(F)C(F)(F)F)OC(=C)C. The van der Waals surface area contributed by atoms with Crippen molar-refractivity contribution in [1.82, 2.24) is 0 Å². The molecule has 0 aliphatic heterocycles. The summed E-state index contributed by atoms with van der Waals surface area (Å²) in [6.45, 7) is 9.71. The predicted molar refractivity (Wildman–Crippen MR) is 83.6 cm³/mol. The van der Waals surface area contributed by atoms with E-state index in [1.807, 2.05) is 0 Å². The molecule has 0 bridgehead atoms. The molecule has 0 atom stereocenters. The summed E-state index contributed by atoms with van der Waals surface area (Å²) in [5.74, 6) is -37.4. The first-order valence-corrected chi connectivity index (χ1v) is 10.5. The van der Waals surface area contributed by atoms with E-state index in [2.05, 4.69) is 13.2 Å². The van der Waals surface area contributed by atoms with E-state index >= 15 is 0 Å². The summed E-state index contributed by atoms with van der Waals surface area (Å²) in [6.07, 6.45) is -9.84. The standard InChI is InChI=1S/C15H17F13O2Si/c1-8(2)29-31(5,30-9(3)4)7-6-10(16,17)11(18,19)12(20,21)13(22,23)14(24,25)15(26,27)28/h1,3,6-7H2,2,4-5H3. The maximum Gasteiger partial charge on any atom is 0.460 e. The second-order valence-electron chi connectivity index (χ2n) is 6.74. The van der Waals surface area contributed by atoms with Crippen molar-refractivity contribution >= 4 is 8.56 Å². The van der Waals surface area contributed by atoms with Crippen molar-refractivity contribution in [2.24, 2.45) is 0 Å². The Bertz CT molecular complexity index is 669. The Morgan fingerprint density at radius 2 is 0.968 bits per heavy atom. The Hall–Kier alpha value is -1.61. The van der Waals surface area contributed by atoms with E-state index < -0.39 is 56.8 Å². The van der Waals surface area contributed by atoms with Gasteiger partial charge in [-0.15, -0.1) is 0 Å². The lowest BCUT2D eigenvalue weighted by Gasteiger charge is -2.40. The molecular weight excluding hydrogens is 487 g/mol. The average molecular weight is 504 g/mol. The van der Waals surface area contributed by atoms with Crippen LogP contribution in [-0.2, 0) is 8.85 Å². The number of hydrogen-bond acceptors (Lipinski definition) is 2. The number of alkyl halides is 13. The number of halogens is 13. The molecule has 0 aromatic heterocycles. The van der Waals surface area contributed by atoms with Crippen LogP contribution in [0.1, 0.15) is 20.3 Å². The lowest BCUT2D eigenvalue weighted by molar-refractivity contribution is -0.440. The minimum Gasteiger partial charge on any atom is -0.517 e. The van der Waals surface area contributed by atoms with Gasteiger partial charge in [0, 0.05) is 19.0 Å². The summed E-state index contributed by atoms with van der Waals surface area (Å²) < 4.78 is 180. The summed E-state index contributed by atoms with van der Waals surface area (Å²) in [5.41, 5.74) is 0. The maximum absolute atomic E-state index is 13.9. The first-order valence-electron chi connectivity index (χ1n) is 7.94. The van der Waals surface area contributed by atoms with Gasteiger partial charge in [0.25, 0.3) is 0 Å². The highest BCUT2D eigenvalue weighted by Gasteiger charge is 2.90. The van der Waals surface area contributed by atoms with Crippen LogP contribution in [-0.4, -0.2) is 44.3 Å². The predicted octanol–water partition coefficient (Wildman–Crippen LogP) is 7.29. The molecule has 0 fully saturated rings. The molecule has 0 saturated carbocycles. The van der Waals surface area contributed by atoms with E-state index in [0.717, 1.165) is 20.4 Å². The highest BCUT2D eigenvalue weighted by atomic mass is 28.4. The van der Waals surface area contributed by atoms with Crippen LogP contribution in [0.5, 0.6) is 0 Å². The van der Waals surface area contributed by atoms with Crippen molar-refractivity contribution < 1.29 is 65.9 Å². The number of hydrogen-bond donors (Lipinski definition) is 0. The lowest BCUT2D eigenvalue weighted by atomic mass is 9.93. The topological polar surface area (TPSA) is 18.5 Å². The summed E-state index contributed by atoms with van der Waals surface area (Å²) in [7, 11) is -4.01. The number of allylic oxidation sites excluding steroid dienone is 2. The van der Waals surface area contributed by atoms with Crippen molar-refractivity contribution in [3.63, 3.8) is 0 Å². The molecule has 0 unspecified atom stereocenters. The van der Waals surface area contributed by atoms with Crippen molar-refractivity contribution in [1.29, 1.82) is 0 Å². The van der Waals surface area contributed by atoms with Crippen LogP contribution in [0.2, 0.25) is 12.6 Å². The highest BCUT2D eigenvalue weighted by molar-refractivity contribution is 6.66. The molecule has 0 N–H and O–H groups in total. The van der Waals surface area contributed by atoms with E-state index in [0.29, 0.717) is 0 Å². The van der Waals surface area contributed by atoms with Crippen molar-refractivity contribution in [3.05, 3.63) is 24.7 Å². The molecule has 0 spiro atoms. The van der Waals surface area contributed by atoms with Crippen LogP contribution in [0.4, 0.5) is 57.1 Å². The highest BCUT2D eigenvalue weighted by Crippen LogP contribution is 2.60. The van der Waals surface area contributed by atoms with Crippen LogP contribution in [0.15, 0.2) is 24.7 Å². The third-order valence-corrected chi connectivity index (χ3v) is 6.39. The fraction of sp³-hybridized carbons (Fsp3) is 0.733. The maximum atomic E-state index is 13.9. The number of rotatable bonds is 11. The fourth-order valence-electron chi connectivity index (χ4n) is 2.20. The summed E-state index contributed by atoms with van der Waals surface area (Å²) in [4.78, 5) is 0. The first-order chi connectivity index (χ1) is 13.3. The third kappa shape index (κ3) is 5.42. The molecule has 0 aromatic rings. The summed E-state index contributed by atoms with van der Waals surface area (Å²) >= 11 is 0. The van der Waals surface area contributed by atoms with Crippen LogP contribution < -0.4 is 0 Å². The molecule has 0 aromatic carbocycles. The fourth-order valence-corrected chi connectivity index (χ4v) is 4.69. The Morgan fingerprint density at radius 3 is 1.26 bits per heavy atom. The van der Waals surface area contributed by atoms with Crippen LogP contribution in [0.3, 0.4) is 0 Å². The van der Waals surface area contributed by atoms with Gasteiger partial charge in [0.15, 0.2) is 0 Å². The largest absolute Gasteiger partial charge is 0.517 e. The normalized spacial score (nSPS) is 15.0. The molecule has 2 nitrogen and oxygen atoms in total. The van der Waals surface area contributed by atoms with Gasteiger partial charge in [-0.25, -0.2) is 0 Å². The van der Waals surface area contributed by atoms with Crippen molar-refractivity contribution in [2.45, 2.75) is 68.6 Å². The minimum atomic E-state index is -7.92. The van der Waals surface area contributed by atoms with E-state index in [1.54, 1.807) is 0 Å². The van der Waals surface area contributed by atoms with Gasteiger partial charge in [-0.1, -0.05) is 13.2 Å². The Balaban J connectivity index is 6.11. The third-order valence-electron chi connectivity index (χ3n) is 3.67. The average Bonchev–Trinajstić information content (AvgIpc) is 2.49. The molecule has 0 amide bonds. The lowest BCUT2D eigenvalue weighted by Crippen LogP contribution is -2.70. The first kappa shape index (κ1) is 29.4. The van der Waals surface area contributed by atoms with Crippen LogP contribution in [0, 0.1) is 0 Å². The molecule has 0 saturated heterocycles. The molecule has 0 aliphatic carbocycles. The second kappa shape index (κ2) is 8.39. The Labute approximate surface area is 168 Å². The van der Waals surface area contributed by atoms with E-state index in [4.69, 9.17) is 8.85 Å². The van der Waals surface area contributed by atoms with Gasteiger partial charge in [-0.3, -0.25) is 0 Å². The smallest absolute Gasteiger partial charge is 0.460 e. The van der Waals surface area contributed by atoms with E-state index in [1.165, 1.54) is 0 Å². The molecule has 0 aliphatic rings. The zero-order valence-corrected chi connectivity index (χ0v) is 17.1. The molecule has 0 heterocycles. The van der Waals surface area contributed by atoms with Gasteiger partial charge in [0.05, 0.1) is 11.5 Å². The van der Waals surface area contributed by atoms with Crippen molar-refractivity contribution in [2.75, 3.05) is 0 Å². The molecule has 0 radical (unpaired) electrons. The Morgan fingerprint density at radius 1 is 0.645 bits per heavy atom. The van der Waals surface area contributed by atoms with Crippen LogP contribution >= 0.6 is 0 Å². The van der Waals surface area contributed by atoms with E-state index in [-0.39, 0.29) is 11.5 Å². The van der Waals surface area contributed by atoms with Gasteiger partial charge in [0.2, 0.25) is 0 Å². The van der Waals surface area contributed by atoms with Gasteiger partial charge in [0.1, 0.15) is 0 Å². The van der Waals surface area contributed by atoms with Gasteiger partial charge in [-0.2, -0.15) is 57.1 Å². The molecule has 16 heteroatoms. The Kier molecular flexibility index (Phi) is 7.95.